The molecular weight excluding hydrogens is 156 g/mol. The van der Waals surface area contributed by atoms with Gasteiger partial charge in [0, 0.05) is 13.1 Å². The highest BCUT2D eigenvalue weighted by atomic mass is 16.2. The van der Waals surface area contributed by atoms with Crippen molar-refractivity contribution < 1.29 is 9.59 Å². The summed E-state index contributed by atoms with van der Waals surface area (Å²) in [5, 5.41) is 0. The first-order valence-electron chi connectivity index (χ1n) is 3.47. The van der Waals surface area contributed by atoms with Crippen molar-refractivity contribution in [2.75, 3.05) is 13.1 Å². The quantitative estimate of drug-likeness (QED) is 0.585. The maximum Gasteiger partial charge on any atom is 0.252 e. The van der Waals surface area contributed by atoms with Gasteiger partial charge in [-0.05, 0) is 12.2 Å². The van der Waals surface area contributed by atoms with Crippen LogP contribution in [0.1, 0.15) is 0 Å². The zero-order valence-electron chi connectivity index (χ0n) is 6.82. The van der Waals surface area contributed by atoms with Crippen LogP contribution in [0.15, 0.2) is 25.3 Å². The molecule has 0 aromatic heterocycles. The first kappa shape index (κ1) is 10.6. The molecule has 0 spiro atoms. The minimum Gasteiger partial charge on any atom is -0.329 e. The number of hydrogen-bond donors (Lipinski definition) is 1. The number of carbonyl (C=O) groups is 2. The van der Waals surface area contributed by atoms with Crippen LogP contribution < -0.4 is 5.73 Å². The number of imide groups is 1. The summed E-state index contributed by atoms with van der Waals surface area (Å²) in [5.74, 6) is -0.907. The maximum absolute atomic E-state index is 11.0. The third-order valence-corrected chi connectivity index (χ3v) is 1.23. The molecule has 2 amide bonds. The van der Waals surface area contributed by atoms with Crippen LogP contribution in [-0.4, -0.2) is 29.8 Å². The Bertz CT molecular complexity index is 191. The smallest absolute Gasteiger partial charge is 0.252 e. The molecule has 0 saturated carbocycles. The minimum atomic E-state index is -0.453. The Morgan fingerprint density at radius 1 is 1.25 bits per heavy atom. The lowest BCUT2D eigenvalue weighted by molar-refractivity contribution is -0.138. The molecule has 0 radical (unpaired) electrons. The molecule has 4 nitrogen and oxygen atoms in total. The zero-order chi connectivity index (χ0) is 9.56. The van der Waals surface area contributed by atoms with Crippen LogP contribution in [0.4, 0.5) is 0 Å². The Kier molecular flexibility index (Phi) is 4.64. The summed E-state index contributed by atoms with van der Waals surface area (Å²) in [6.45, 7) is 6.95. The van der Waals surface area contributed by atoms with E-state index in [0.717, 1.165) is 17.1 Å². The predicted molar refractivity (Wildman–Crippen MR) is 46.2 cm³/mol. The van der Waals surface area contributed by atoms with E-state index in [2.05, 4.69) is 13.2 Å². The molecule has 0 aliphatic heterocycles. The van der Waals surface area contributed by atoms with Gasteiger partial charge in [-0.25, -0.2) is 0 Å². The van der Waals surface area contributed by atoms with Crippen molar-refractivity contribution in [3.8, 4) is 0 Å². The molecule has 66 valence electrons. The molecule has 0 unspecified atom stereocenters. The maximum atomic E-state index is 11.0. The molecule has 0 atom stereocenters. The van der Waals surface area contributed by atoms with Gasteiger partial charge in [0.2, 0.25) is 0 Å². The van der Waals surface area contributed by atoms with Crippen molar-refractivity contribution in [1.29, 1.82) is 0 Å². The van der Waals surface area contributed by atoms with Gasteiger partial charge < -0.3 is 5.73 Å². The van der Waals surface area contributed by atoms with Gasteiger partial charge in [0.05, 0.1) is 0 Å². The number of amides is 2. The first-order chi connectivity index (χ1) is 5.67. The Hall–Kier alpha value is -1.42. The fourth-order valence-corrected chi connectivity index (χ4v) is 0.678. The van der Waals surface area contributed by atoms with Crippen LogP contribution in [-0.2, 0) is 9.59 Å². The average molecular weight is 168 g/mol. The normalized spacial score (nSPS) is 8.75. The van der Waals surface area contributed by atoms with E-state index in [4.69, 9.17) is 5.73 Å². The van der Waals surface area contributed by atoms with Crippen LogP contribution in [0, 0.1) is 0 Å². The van der Waals surface area contributed by atoms with Crippen LogP contribution in [0.3, 0.4) is 0 Å². The minimum absolute atomic E-state index is 0.190. The van der Waals surface area contributed by atoms with Crippen LogP contribution in [0.25, 0.3) is 0 Å². The third-order valence-electron chi connectivity index (χ3n) is 1.23. The van der Waals surface area contributed by atoms with Crippen molar-refractivity contribution in [2.45, 2.75) is 0 Å². The SMILES string of the molecule is C=CC(=O)N(CCN)C(=O)C=C. The first-order valence-corrected chi connectivity index (χ1v) is 3.47. The van der Waals surface area contributed by atoms with Gasteiger partial charge in [-0.2, -0.15) is 0 Å². The highest BCUT2D eigenvalue weighted by molar-refractivity contribution is 6.04. The van der Waals surface area contributed by atoms with Crippen LogP contribution >= 0.6 is 0 Å². The summed E-state index contributed by atoms with van der Waals surface area (Å²) in [6.07, 6.45) is 2.13. The zero-order valence-corrected chi connectivity index (χ0v) is 6.82. The summed E-state index contributed by atoms with van der Waals surface area (Å²) < 4.78 is 0. The fourth-order valence-electron chi connectivity index (χ4n) is 0.678. The standard InChI is InChI=1S/C8H12N2O2/c1-3-7(11)10(6-5-9)8(12)4-2/h3-4H,1-2,5-6,9H2. The fraction of sp³-hybridized carbons (Fsp3) is 0.250. The van der Waals surface area contributed by atoms with Crippen LogP contribution in [0.5, 0.6) is 0 Å². The molecule has 0 aromatic carbocycles. The van der Waals surface area contributed by atoms with Gasteiger partial charge in [-0.1, -0.05) is 13.2 Å². The summed E-state index contributed by atoms with van der Waals surface area (Å²) in [5.41, 5.74) is 5.20. The van der Waals surface area contributed by atoms with Crippen molar-refractivity contribution in [3.05, 3.63) is 25.3 Å². The highest BCUT2D eigenvalue weighted by Crippen LogP contribution is 1.92. The Morgan fingerprint density at radius 3 is 1.92 bits per heavy atom. The van der Waals surface area contributed by atoms with Gasteiger partial charge in [-0.15, -0.1) is 0 Å². The lowest BCUT2D eigenvalue weighted by Crippen LogP contribution is -2.38. The lowest BCUT2D eigenvalue weighted by atomic mass is 10.4. The van der Waals surface area contributed by atoms with Gasteiger partial charge in [0.1, 0.15) is 0 Å². The van der Waals surface area contributed by atoms with Crippen molar-refractivity contribution in [3.63, 3.8) is 0 Å². The number of carbonyl (C=O) groups excluding carboxylic acids is 2. The second kappa shape index (κ2) is 5.26. The monoisotopic (exact) mass is 168 g/mol. The van der Waals surface area contributed by atoms with E-state index < -0.39 is 11.8 Å². The summed E-state index contributed by atoms with van der Waals surface area (Å²) in [6, 6.07) is 0. The summed E-state index contributed by atoms with van der Waals surface area (Å²) in [4.78, 5) is 23.0. The molecule has 0 saturated heterocycles. The summed E-state index contributed by atoms with van der Waals surface area (Å²) in [7, 11) is 0. The molecule has 4 heteroatoms. The van der Waals surface area contributed by atoms with Gasteiger partial charge >= 0.3 is 0 Å². The highest BCUT2D eigenvalue weighted by Gasteiger charge is 2.14. The van der Waals surface area contributed by atoms with E-state index in [-0.39, 0.29) is 13.1 Å². The topological polar surface area (TPSA) is 63.4 Å². The predicted octanol–water partition coefficient (Wildman–Crippen LogP) is -0.328. The molecule has 0 aliphatic carbocycles. The average Bonchev–Trinajstić information content (AvgIpc) is 2.11. The van der Waals surface area contributed by atoms with Crippen molar-refractivity contribution >= 4 is 11.8 Å². The van der Waals surface area contributed by atoms with Crippen LogP contribution in [0.2, 0.25) is 0 Å². The third kappa shape index (κ3) is 2.67. The van der Waals surface area contributed by atoms with Crippen molar-refractivity contribution in [2.24, 2.45) is 5.73 Å². The van der Waals surface area contributed by atoms with Crippen molar-refractivity contribution in [1.82, 2.24) is 4.90 Å². The van der Waals surface area contributed by atoms with Gasteiger partial charge in [0.25, 0.3) is 11.8 Å². The van der Waals surface area contributed by atoms with E-state index in [0.29, 0.717) is 0 Å². The van der Waals surface area contributed by atoms with Gasteiger partial charge in [-0.3, -0.25) is 14.5 Å². The molecule has 0 bridgehead atoms. The van der Waals surface area contributed by atoms with Gasteiger partial charge in [0.15, 0.2) is 0 Å². The Labute approximate surface area is 71.3 Å². The van der Waals surface area contributed by atoms with E-state index in [1.165, 1.54) is 0 Å². The van der Waals surface area contributed by atoms with E-state index in [9.17, 15) is 9.59 Å². The van der Waals surface area contributed by atoms with E-state index in [1.54, 1.807) is 0 Å². The largest absolute Gasteiger partial charge is 0.329 e. The van der Waals surface area contributed by atoms with E-state index in [1.807, 2.05) is 0 Å². The molecular formula is C8H12N2O2. The molecule has 0 heterocycles. The molecule has 0 fully saturated rings. The summed E-state index contributed by atoms with van der Waals surface area (Å²) >= 11 is 0. The second-order valence-electron chi connectivity index (χ2n) is 2.03. The number of nitrogens with zero attached hydrogens (tertiary/aromatic N) is 1. The Morgan fingerprint density at radius 2 is 1.67 bits per heavy atom. The second-order valence-corrected chi connectivity index (χ2v) is 2.03. The number of hydrogen-bond acceptors (Lipinski definition) is 3. The molecule has 0 aliphatic rings. The number of rotatable bonds is 4. The molecule has 0 rings (SSSR count). The molecule has 12 heavy (non-hydrogen) atoms. The molecule has 0 aromatic rings. The lowest BCUT2D eigenvalue weighted by Gasteiger charge is -2.15. The molecule has 2 N–H and O–H groups in total. The number of nitrogens with two attached hydrogens (primary N) is 1. The van der Waals surface area contributed by atoms with E-state index >= 15 is 0 Å². The Balaban J connectivity index is 4.41.